The number of rotatable bonds is 4. The van der Waals surface area contributed by atoms with Crippen LogP contribution in [0, 0.1) is 5.92 Å². The molecule has 0 aromatic heterocycles. The van der Waals surface area contributed by atoms with E-state index in [1.54, 1.807) is 24.3 Å². The largest absolute Gasteiger partial charge is 0.326 e. The molecule has 1 aliphatic heterocycles. The fraction of sp³-hybridized carbons (Fsp3) is 0.429. The Hall–Kier alpha value is -1.69. The summed E-state index contributed by atoms with van der Waals surface area (Å²) < 4.78 is 22.6. The van der Waals surface area contributed by atoms with Gasteiger partial charge in [-0.2, -0.15) is 0 Å². The van der Waals surface area contributed by atoms with Gasteiger partial charge in [0.25, 0.3) is 0 Å². The molecule has 6 heteroatoms. The Kier molecular flexibility index (Phi) is 4.23. The van der Waals surface area contributed by atoms with Crippen molar-refractivity contribution in [2.75, 3.05) is 16.8 Å². The molecule has 20 heavy (non-hydrogen) atoms. The van der Waals surface area contributed by atoms with Gasteiger partial charge in [0.1, 0.15) is 0 Å². The van der Waals surface area contributed by atoms with E-state index in [4.69, 9.17) is 0 Å². The molecule has 1 heterocycles. The number of anilines is 1. The zero-order valence-electron chi connectivity index (χ0n) is 11.3. The number of hydrogen-bond acceptors (Lipinski definition) is 4. The third kappa shape index (κ3) is 3.90. The van der Waals surface area contributed by atoms with Crippen molar-refractivity contribution in [2.45, 2.75) is 19.8 Å². The van der Waals surface area contributed by atoms with E-state index in [-0.39, 0.29) is 35.5 Å². The van der Waals surface area contributed by atoms with E-state index in [0.29, 0.717) is 17.7 Å². The molecule has 0 saturated carbocycles. The topological polar surface area (TPSA) is 80.3 Å². The lowest BCUT2D eigenvalue weighted by Crippen LogP contribution is -2.17. The Bertz CT molecular complexity index is 619. The number of carbonyl (C=O) groups excluding carboxylic acids is 2. The predicted molar refractivity (Wildman–Crippen MR) is 76.5 cm³/mol. The summed E-state index contributed by atoms with van der Waals surface area (Å²) in [7, 11) is -2.95. The smallest absolute Gasteiger partial charge is 0.224 e. The lowest BCUT2D eigenvalue weighted by atomic mass is 10.0. The maximum absolute atomic E-state index is 11.8. The Labute approximate surface area is 118 Å². The molecule has 1 saturated heterocycles. The first kappa shape index (κ1) is 14.7. The highest BCUT2D eigenvalue weighted by molar-refractivity contribution is 7.91. The van der Waals surface area contributed by atoms with Crippen LogP contribution in [0.2, 0.25) is 0 Å². The molecule has 1 aromatic rings. The second-order valence-electron chi connectivity index (χ2n) is 5.15. The van der Waals surface area contributed by atoms with E-state index < -0.39 is 9.84 Å². The number of nitrogens with one attached hydrogen (secondary N) is 1. The van der Waals surface area contributed by atoms with Gasteiger partial charge < -0.3 is 5.32 Å². The zero-order chi connectivity index (χ0) is 14.8. The summed E-state index contributed by atoms with van der Waals surface area (Å²) in [6, 6.07) is 6.63. The molecule has 2 rings (SSSR count). The molecule has 1 N–H and O–H groups in total. The summed E-state index contributed by atoms with van der Waals surface area (Å²) in [4.78, 5) is 23.0. The number of benzene rings is 1. The molecule has 108 valence electrons. The van der Waals surface area contributed by atoms with Crippen LogP contribution in [0.15, 0.2) is 24.3 Å². The Morgan fingerprint density at radius 2 is 1.90 bits per heavy atom. The molecule has 5 nitrogen and oxygen atoms in total. The molecule has 0 spiro atoms. The van der Waals surface area contributed by atoms with Crippen LogP contribution in [-0.2, 0) is 14.6 Å². The number of hydrogen-bond donors (Lipinski definition) is 1. The van der Waals surface area contributed by atoms with E-state index in [9.17, 15) is 18.0 Å². The first-order valence-corrected chi connectivity index (χ1v) is 8.29. The number of carbonyl (C=O) groups is 2. The Morgan fingerprint density at radius 3 is 2.40 bits per heavy atom. The van der Waals surface area contributed by atoms with E-state index in [0.717, 1.165) is 0 Å². The summed E-state index contributed by atoms with van der Waals surface area (Å²) >= 11 is 0. The number of Topliss-reactive ketones (excluding diaryl/α,β-unsaturated/α-hetero) is 1. The first-order valence-electron chi connectivity index (χ1n) is 6.47. The molecule has 1 fully saturated rings. The highest BCUT2D eigenvalue weighted by atomic mass is 32.2. The lowest BCUT2D eigenvalue weighted by molar-refractivity contribution is -0.116. The molecule has 1 atom stereocenters. The van der Waals surface area contributed by atoms with Gasteiger partial charge in [0.15, 0.2) is 15.6 Å². The van der Waals surface area contributed by atoms with Crippen molar-refractivity contribution in [3.63, 3.8) is 0 Å². The van der Waals surface area contributed by atoms with Gasteiger partial charge in [-0.05, 0) is 43.5 Å². The maximum atomic E-state index is 11.8. The molecular weight excluding hydrogens is 278 g/mol. The van der Waals surface area contributed by atoms with Crippen LogP contribution in [0.3, 0.4) is 0 Å². The van der Waals surface area contributed by atoms with E-state index in [1.807, 2.05) is 0 Å². The molecular formula is C14H17NO4S. The van der Waals surface area contributed by atoms with Crippen molar-refractivity contribution < 1.29 is 18.0 Å². The highest BCUT2D eigenvalue weighted by Crippen LogP contribution is 2.22. The third-order valence-corrected chi connectivity index (χ3v) is 5.21. The van der Waals surface area contributed by atoms with Crippen LogP contribution in [0.25, 0.3) is 0 Å². The van der Waals surface area contributed by atoms with Gasteiger partial charge in [-0.25, -0.2) is 8.42 Å². The van der Waals surface area contributed by atoms with E-state index >= 15 is 0 Å². The average Bonchev–Trinajstić information content (AvgIpc) is 2.69. The summed E-state index contributed by atoms with van der Waals surface area (Å²) in [5.41, 5.74) is 1.20. The average molecular weight is 295 g/mol. The Balaban J connectivity index is 1.90. The van der Waals surface area contributed by atoms with Crippen LogP contribution in [0.1, 0.15) is 30.1 Å². The van der Waals surface area contributed by atoms with Gasteiger partial charge in [0.05, 0.1) is 11.5 Å². The number of amides is 1. The number of ketones is 1. The van der Waals surface area contributed by atoms with E-state index in [2.05, 4.69) is 5.32 Å². The van der Waals surface area contributed by atoms with Crippen molar-refractivity contribution in [1.82, 2.24) is 0 Å². The predicted octanol–water partition coefficient (Wildman–Crippen LogP) is 1.65. The lowest BCUT2D eigenvalue weighted by Gasteiger charge is -2.09. The third-order valence-electron chi connectivity index (χ3n) is 3.38. The van der Waals surface area contributed by atoms with Crippen LogP contribution in [0.5, 0.6) is 0 Å². The molecule has 1 amide bonds. The quantitative estimate of drug-likeness (QED) is 0.857. The van der Waals surface area contributed by atoms with Crippen LogP contribution >= 0.6 is 0 Å². The molecule has 0 unspecified atom stereocenters. The fourth-order valence-corrected chi connectivity index (χ4v) is 4.16. The highest BCUT2D eigenvalue weighted by Gasteiger charge is 2.29. The Morgan fingerprint density at radius 1 is 1.25 bits per heavy atom. The summed E-state index contributed by atoms with van der Waals surface area (Å²) in [5.74, 6) is -0.0275. The van der Waals surface area contributed by atoms with Crippen LogP contribution in [-0.4, -0.2) is 31.6 Å². The second kappa shape index (κ2) is 5.75. The van der Waals surface area contributed by atoms with Crippen molar-refractivity contribution in [2.24, 2.45) is 5.92 Å². The first-order chi connectivity index (χ1) is 9.35. The minimum atomic E-state index is -2.95. The molecule has 1 aromatic carbocycles. The van der Waals surface area contributed by atoms with Gasteiger partial charge in [-0.3, -0.25) is 9.59 Å². The summed E-state index contributed by atoms with van der Waals surface area (Å²) in [6.07, 6.45) is 0.771. The standard InChI is InChI=1S/C14H17NO4S/c1-10(16)12-2-4-13(5-3-12)15-14(17)8-11-6-7-20(18,19)9-11/h2-5,11H,6-9H2,1H3,(H,15,17)/t11-/m0/s1. The zero-order valence-corrected chi connectivity index (χ0v) is 12.1. The molecule has 0 bridgehead atoms. The van der Waals surface area contributed by atoms with Crippen molar-refractivity contribution in [3.8, 4) is 0 Å². The second-order valence-corrected chi connectivity index (χ2v) is 7.38. The molecule has 1 aliphatic rings. The monoisotopic (exact) mass is 295 g/mol. The minimum Gasteiger partial charge on any atom is -0.326 e. The fourth-order valence-electron chi connectivity index (χ4n) is 2.30. The molecule has 0 aliphatic carbocycles. The van der Waals surface area contributed by atoms with Gasteiger partial charge in [0, 0.05) is 17.7 Å². The van der Waals surface area contributed by atoms with Crippen molar-refractivity contribution in [1.29, 1.82) is 0 Å². The SMILES string of the molecule is CC(=O)c1ccc(NC(=O)C[C@@H]2CCS(=O)(=O)C2)cc1. The van der Waals surface area contributed by atoms with Crippen LogP contribution in [0.4, 0.5) is 5.69 Å². The van der Waals surface area contributed by atoms with Gasteiger partial charge >= 0.3 is 0 Å². The van der Waals surface area contributed by atoms with Gasteiger partial charge in [-0.1, -0.05) is 0 Å². The van der Waals surface area contributed by atoms with E-state index in [1.165, 1.54) is 6.92 Å². The van der Waals surface area contributed by atoms with Crippen molar-refractivity contribution >= 4 is 27.2 Å². The molecule has 0 radical (unpaired) electrons. The minimum absolute atomic E-state index is 0.0287. The van der Waals surface area contributed by atoms with Gasteiger partial charge in [-0.15, -0.1) is 0 Å². The van der Waals surface area contributed by atoms with Crippen molar-refractivity contribution in [3.05, 3.63) is 29.8 Å². The summed E-state index contributed by atoms with van der Waals surface area (Å²) in [6.45, 7) is 1.48. The summed E-state index contributed by atoms with van der Waals surface area (Å²) in [5, 5.41) is 2.72. The van der Waals surface area contributed by atoms with Gasteiger partial charge in [0.2, 0.25) is 5.91 Å². The normalized spacial score (nSPS) is 20.6. The van der Waals surface area contributed by atoms with Crippen LogP contribution < -0.4 is 5.32 Å². The maximum Gasteiger partial charge on any atom is 0.224 e. The number of sulfone groups is 1.